The monoisotopic (exact) mass is 226 g/mol. The van der Waals surface area contributed by atoms with Crippen molar-refractivity contribution >= 4 is 0 Å². The summed E-state index contributed by atoms with van der Waals surface area (Å²) in [5.41, 5.74) is 0. The Morgan fingerprint density at radius 3 is 2.19 bits per heavy atom. The Kier molecular flexibility index (Phi) is 4.22. The van der Waals surface area contributed by atoms with E-state index in [0.29, 0.717) is 12.1 Å². The molecule has 2 rings (SSSR count). The van der Waals surface area contributed by atoms with E-state index in [9.17, 15) is 5.11 Å². The lowest BCUT2D eigenvalue weighted by atomic mass is 9.91. The maximum atomic E-state index is 10.0. The summed E-state index contributed by atoms with van der Waals surface area (Å²) in [4.78, 5) is 5.05. The number of nitrogens with zero attached hydrogens (tertiary/aromatic N) is 2. The first-order valence-electron chi connectivity index (χ1n) is 6.84. The first-order valence-corrected chi connectivity index (χ1v) is 6.84. The molecule has 16 heavy (non-hydrogen) atoms. The molecule has 0 aromatic heterocycles. The van der Waals surface area contributed by atoms with Crippen molar-refractivity contribution in [2.24, 2.45) is 0 Å². The fourth-order valence-electron chi connectivity index (χ4n) is 3.10. The molecule has 94 valence electrons. The normalized spacial score (nSPS) is 34.5. The van der Waals surface area contributed by atoms with Crippen LogP contribution < -0.4 is 0 Å². The van der Waals surface area contributed by atoms with Gasteiger partial charge < -0.3 is 5.11 Å². The molecule has 2 atom stereocenters. The van der Waals surface area contributed by atoms with Crippen LogP contribution >= 0.6 is 0 Å². The van der Waals surface area contributed by atoms with Crippen LogP contribution in [-0.4, -0.2) is 59.3 Å². The Morgan fingerprint density at radius 2 is 1.62 bits per heavy atom. The molecule has 1 N–H and O–H groups in total. The number of piperazine rings is 1. The second-order valence-electron chi connectivity index (χ2n) is 5.58. The van der Waals surface area contributed by atoms with Crippen LogP contribution in [-0.2, 0) is 0 Å². The summed E-state index contributed by atoms with van der Waals surface area (Å²) in [5.74, 6) is 0. The highest BCUT2D eigenvalue weighted by Crippen LogP contribution is 2.24. The van der Waals surface area contributed by atoms with E-state index in [1.54, 1.807) is 0 Å². The highest BCUT2D eigenvalue weighted by Gasteiger charge is 2.31. The highest BCUT2D eigenvalue weighted by atomic mass is 16.3. The highest BCUT2D eigenvalue weighted by molar-refractivity contribution is 4.86. The van der Waals surface area contributed by atoms with Crippen LogP contribution in [0.2, 0.25) is 0 Å². The maximum absolute atomic E-state index is 10.0. The quantitative estimate of drug-likeness (QED) is 0.769. The van der Waals surface area contributed by atoms with Gasteiger partial charge >= 0.3 is 0 Å². The van der Waals surface area contributed by atoms with Gasteiger partial charge in [0, 0.05) is 38.3 Å². The van der Waals surface area contributed by atoms with Crippen molar-refractivity contribution in [2.75, 3.05) is 26.2 Å². The van der Waals surface area contributed by atoms with Crippen LogP contribution in [0.15, 0.2) is 0 Å². The Morgan fingerprint density at radius 1 is 1.00 bits per heavy atom. The minimum absolute atomic E-state index is 0.0700. The molecule has 1 aliphatic carbocycles. The SMILES string of the molecule is CC(C)N1CCN([C@H]2CCCC[C@@H]2O)CC1. The molecule has 0 aromatic carbocycles. The van der Waals surface area contributed by atoms with E-state index in [1.807, 2.05) is 0 Å². The van der Waals surface area contributed by atoms with E-state index in [-0.39, 0.29) is 6.10 Å². The number of aliphatic hydroxyl groups excluding tert-OH is 1. The van der Waals surface area contributed by atoms with Gasteiger partial charge in [0.1, 0.15) is 0 Å². The first kappa shape index (κ1) is 12.3. The van der Waals surface area contributed by atoms with Crippen molar-refractivity contribution in [2.45, 2.75) is 57.7 Å². The Balaban J connectivity index is 1.83. The number of hydrogen-bond donors (Lipinski definition) is 1. The Hall–Kier alpha value is -0.120. The summed E-state index contributed by atoms with van der Waals surface area (Å²) in [5, 5.41) is 10.0. The average Bonchev–Trinajstić information content (AvgIpc) is 2.30. The van der Waals surface area contributed by atoms with Crippen LogP contribution in [0.1, 0.15) is 39.5 Å². The lowest BCUT2D eigenvalue weighted by Crippen LogP contribution is -2.55. The molecule has 0 radical (unpaired) electrons. The topological polar surface area (TPSA) is 26.7 Å². The molecule has 0 unspecified atom stereocenters. The predicted molar refractivity (Wildman–Crippen MR) is 66.5 cm³/mol. The van der Waals surface area contributed by atoms with Gasteiger partial charge in [0.05, 0.1) is 6.10 Å². The molecule has 0 bridgehead atoms. The Bertz CT molecular complexity index is 212. The Labute approximate surface area is 99.4 Å². The molecule has 3 nitrogen and oxygen atoms in total. The number of aliphatic hydroxyl groups is 1. The zero-order chi connectivity index (χ0) is 11.5. The molecule has 2 aliphatic rings. The van der Waals surface area contributed by atoms with Crippen molar-refractivity contribution < 1.29 is 5.11 Å². The van der Waals surface area contributed by atoms with Crippen molar-refractivity contribution in [3.05, 3.63) is 0 Å². The largest absolute Gasteiger partial charge is 0.391 e. The third-order valence-electron chi connectivity index (χ3n) is 4.24. The summed E-state index contributed by atoms with van der Waals surface area (Å²) in [7, 11) is 0. The fourth-order valence-corrected chi connectivity index (χ4v) is 3.10. The smallest absolute Gasteiger partial charge is 0.0695 e. The van der Waals surface area contributed by atoms with Crippen molar-refractivity contribution in [3.8, 4) is 0 Å². The molecule has 0 aromatic rings. The van der Waals surface area contributed by atoms with E-state index >= 15 is 0 Å². The van der Waals surface area contributed by atoms with E-state index in [1.165, 1.54) is 32.4 Å². The van der Waals surface area contributed by atoms with Gasteiger partial charge in [0.15, 0.2) is 0 Å². The molecule has 0 amide bonds. The van der Waals surface area contributed by atoms with Gasteiger partial charge in [-0.3, -0.25) is 9.80 Å². The molecule has 1 saturated carbocycles. The molecular formula is C13H26N2O. The van der Waals surface area contributed by atoms with Gasteiger partial charge in [0.2, 0.25) is 0 Å². The lowest BCUT2D eigenvalue weighted by molar-refractivity contribution is -0.00809. The molecule has 3 heteroatoms. The van der Waals surface area contributed by atoms with Gasteiger partial charge in [-0.25, -0.2) is 0 Å². The molecule has 2 fully saturated rings. The summed E-state index contributed by atoms with van der Waals surface area (Å²) in [6.07, 6.45) is 4.65. The van der Waals surface area contributed by atoms with Crippen LogP contribution in [0.5, 0.6) is 0 Å². The number of rotatable bonds is 2. The number of hydrogen-bond acceptors (Lipinski definition) is 3. The third kappa shape index (κ3) is 2.76. The van der Waals surface area contributed by atoms with Crippen molar-refractivity contribution in [3.63, 3.8) is 0 Å². The van der Waals surface area contributed by atoms with E-state index in [2.05, 4.69) is 23.6 Å². The van der Waals surface area contributed by atoms with Crippen molar-refractivity contribution in [1.29, 1.82) is 0 Å². The minimum atomic E-state index is -0.0700. The lowest BCUT2D eigenvalue weighted by Gasteiger charge is -2.43. The maximum Gasteiger partial charge on any atom is 0.0695 e. The second kappa shape index (κ2) is 5.48. The second-order valence-corrected chi connectivity index (χ2v) is 5.58. The van der Waals surface area contributed by atoms with E-state index < -0.39 is 0 Å². The van der Waals surface area contributed by atoms with E-state index in [0.717, 1.165) is 19.5 Å². The van der Waals surface area contributed by atoms with Gasteiger partial charge in [0.25, 0.3) is 0 Å². The molecule has 1 heterocycles. The third-order valence-corrected chi connectivity index (χ3v) is 4.24. The summed E-state index contributed by atoms with van der Waals surface area (Å²) >= 11 is 0. The molecule has 0 spiro atoms. The van der Waals surface area contributed by atoms with Gasteiger partial charge in [-0.2, -0.15) is 0 Å². The van der Waals surface area contributed by atoms with Gasteiger partial charge in [-0.05, 0) is 26.7 Å². The van der Waals surface area contributed by atoms with E-state index in [4.69, 9.17) is 0 Å². The van der Waals surface area contributed by atoms with Crippen LogP contribution in [0.3, 0.4) is 0 Å². The first-order chi connectivity index (χ1) is 7.68. The van der Waals surface area contributed by atoms with Crippen LogP contribution in [0, 0.1) is 0 Å². The molecule has 1 aliphatic heterocycles. The molecule has 1 saturated heterocycles. The minimum Gasteiger partial charge on any atom is -0.391 e. The van der Waals surface area contributed by atoms with Gasteiger partial charge in [-0.15, -0.1) is 0 Å². The predicted octanol–water partition coefficient (Wildman–Crippen LogP) is 1.32. The average molecular weight is 226 g/mol. The standard InChI is InChI=1S/C13H26N2O/c1-11(2)14-7-9-15(10-8-14)12-5-3-4-6-13(12)16/h11-13,16H,3-10H2,1-2H3/t12-,13-/m0/s1. The zero-order valence-corrected chi connectivity index (χ0v) is 10.7. The van der Waals surface area contributed by atoms with Gasteiger partial charge in [-0.1, -0.05) is 12.8 Å². The summed E-state index contributed by atoms with van der Waals surface area (Å²) in [6, 6.07) is 1.11. The summed E-state index contributed by atoms with van der Waals surface area (Å²) in [6.45, 7) is 9.15. The zero-order valence-electron chi connectivity index (χ0n) is 10.7. The fraction of sp³-hybridized carbons (Fsp3) is 1.00. The van der Waals surface area contributed by atoms with Crippen LogP contribution in [0.25, 0.3) is 0 Å². The molecular weight excluding hydrogens is 200 g/mol. The van der Waals surface area contributed by atoms with Crippen molar-refractivity contribution in [1.82, 2.24) is 9.80 Å². The summed E-state index contributed by atoms with van der Waals surface area (Å²) < 4.78 is 0. The van der Waals surface area contributed by atoms with Crippen LogP contribution in [0.4, 0.5) is 0 Å².